The van der Waals surface area contributed by atoms with Crippen LogP contribution in [0, 0.1) is 49.4 Å². The van der Waals surface area contributed by atoms with Crippen LogP contribution < -0.4 is 9.64 Å². The van der Waals surface area contributed by atoms with Gasteiger partial charge in [0.1, 0.15) is 5.75 Å². The van der Waals surface area contributed by atoms with Crippen molar-refractivity contribution in [3.05, 3.63) is 95.6 Å². The number of benzene rings is 3. The van der Waals surface area contributed by atoms with Crippen molar-refractivity contribution in [1.29, 1.82) is 0 Å². The van der Waals surface area contributed by atoms with Crippen LogP contribution in [-0.2, 0) is 9.59 Å². The van der Waals surface area contributed by atoms with Gasteiger partial charge in [0.2, 0.25) is 11.8 Å². The Morgan fingerprint density at radius 2 is 1.38 bits per heavy atom. The third-order valence-corrected chi connectivity index (χ3v) is 8.79. The fraction of sp³-hybridized carbons (Fsp3) is 0.281. The highest BCUT2D eigenvalue weighted by atomic mass is 16.5. The number of rotatable bonds is 4. The molecule has 37 heavy (non-hydrogen) atoms. The van der Waals surface area contributed by atoms with Crippen LogP contribution in [0.5, 0.6) is 5.75 Å². The monoisotopic (exact) mass is 489 g/mol. The molecule has 2 amide bonds. The zero-order valence-corrected chi connectivity index (χ0v) is 20.8. The van der Waals surface area contributed by atoms with E-state index in [1.54, 1.807) is 24.3 Å². The second kappa shape index (κ2) is 8.01. The smallest absolute Gasteiger partial charge is 0.343 e. The van der Waals surface area contributed by atoms with Crippen molar-refractivity contribution in [2.24, 2.45) is 35.5 Å². The Balaban J connectivity index is 1.07. The van der Waals surface area contributed by atoms with E-state index in [1.165, 1.54) is 10.5 Å². The minimum absolute atomic E-state index is 0.0979. The largest absolute Gasteiger partial charge is 0.423 e. The first-order valence-corrected chi connectivity index (χ1v) is 13.0. The molecule has 2 saturated carbocycles. The van der Waals surface area contributed by atoms with Gasteiger partial charge in [-0.1, -0.05) is 48.0 Å². The standard InChI is InChI=1S/C32H27NO4/c1-17-3-5-19(6-4-17)21-9-14-27(18(2)15-21)37-32(36)20-7-10-22(11-8-20)33-30(34)28-23-12-13-24(26-16-25(23)26)29(28)31(33)35/h3-15,23-26,28-29H,16H2,1-2H3/t23-,24+,25-,26-,28+,29+/m1/s1. The van der Waals surface area contributed by atoms with Gasteiger partial charge in [-0.05, 0) is 97.0 Å². The van der Waals surface area contributed by atoms with Crippen molar-refractivity contribution < 1.29 is 19.1 Å². The minimum atomic E-state index is -0.479. The van der Waals surface area contributed by atoms with Gasteiger partial charge < -0.3 is 4.74 Å². The van der Waals surface area contributed by atoms with Crippen LogP contribution in [0.25, 0.3) is 11.1 Å². The van der Waals surface area contributed by atoms with Crippen molar-refractivity contribution in [3.8, 4) is 16.9 Å². The fourth-order valence-electron chi connectivity index (χ4n) is 6.81. The van der Waals surface area contributed by atoms with Gasteiger partial charge in [0, 0.05) is 0 Å². The number of carbonyl (C=O) groups is 3. The molecule has 184 valence electrons. The lowest BCUT2D eigenvalue weighted by Gasteiger charge is -2.37. The van der Waals surface area contributed by atoms with Crippen LogP contribution in [0.15, 0.2) is 78.9 Å². The van der Waals surface area contributed by atoms with Gasteiger partial charge in [0.25, 0.3) is 0 Å². The van der Waals surface area contributed by atoms with E-state index in [9.17, 15) is 14.4 Å². The van der Waals surface area contributed by atoms with Crippen LogP contribution >= 0.6 is 0 Å². The van der Waals surface area contributed by atoms with Gasteiger partial charge in [-0.25, -0.2) is 4.79 Å². The number of esters is 1. The maximum absolute atomic E-state index is 13.3. The first-order chi connectivity index (χ1) is 17.9. The predicted molar refractivity (Wildman–Crippen MR) is 140 cm³/mol. The lowest BCUT2D eigenvalue weighted by atomic mass is 9.63. The van der Waals surface area contributed by atoms with Crippen LogP contribution in [0.2, 0.25) is 0 Å². The number of hydrogen-bond donors (Lipinski definition) is 0. The van der Waals surface area contributed by atoms with Crippen molar-refractivity contribution in [2.75, 3.05) is 4.90 Å². The lowest BCUT2D eigenvalue weighted by Crippen LogP contribution is -2.40. The minimum Gasteiger partial charge on any atom is -0.423 e. The zero-order chi connectivity index (χ0) is 25.4. The predicted octanol–water partition coefficient (Wildman–Crippen LogP) is 5.75. The first-order valence-electron chi connectivity index (χ1n) is 13.0. The number of allylic oxidation sites excluding steroid dienone is 2. The molecule has 1 heterocycles. The summed E-state index contributed by atoms with van der Waals surface area (Å²) in [6.45, 7) is 3.97. The SMILES string of the molecule is Cc1ccc(-c2ccc(OC(=O)c3ccc(N4C(=O)[C@H]5[C@@H]6C=C[C@@H]([C@H]7C[C@H]67)[C@@H]5C4=O)cc3)c(C)c2)cc1. The molecule has 0 spiro atoms. The number of hydrogen-bond acceptors (Lipinski definition) is 4. The van der Waals surface area contributed by atoms with Gasteiger partial charge in [0.15, 0.2) is 0 Å². The van der Waals surface area contributed by atoms with E-state index >= 15 is 0 Å². The third-order valence-electron chi connectivity index (χ3n) is 8.79. The molecule has 4 aliphatic carbocycles. The van der Waals surface area contributed by atoms with E-state index in [2.05, 4.69) is 43.3 Å². The summed E-state index contributed by atoms with van der Waals surface area (Å²) in [4.78, 5) is 40.9. The van der Waals surface area contributed by atoms with Gasteiger partial charge in [0.05, 0.1) is 23.1 Å². The van der Waals surface area contributed by atoms with Gasteiger partial charge in [-0.15, -0.1) is 0 Å². The topological polar surface area (TPSA) is 63.7 Å². The van der Waals surface area contributed by atoms with E-state index in [0.29, 0.717) is 28.8 Å². The average Bonchev–Trinajstić information content (AvgIpc) is 3.69. The number of carbonyl (C=O) groups excluding carboxylic acids is 3. The summed E-state index contributed by atoms with van der Waals surface area (Å²) in [5, 5.41) is 0. The molecule has 3 fully saturated rings. The number of aryl methyl sites for hydroxylation is 2. The van der Waals surface area contributed by atoms with E-state index in [1.807, 2.05) is 25.1 Å². The number of anilines is 1. The number of nitrogens with zero attached hydrogens (tertiary/aromatic N) is 1. The van der Waals surface area contributed by atoms with Crippen LogP contribution in [0.4, 0.5) is 5.69 Å². The summed E-state index contributed by atoms with van der Waals surface area (Å²) in [5.41, 5.74) is 5.12. The second-order valence-corrected chi connectivity index (χ2v) is 10.9. The highest BCUT2D eigenvalue weighted by Crippen LogP contribution is 2.65. The Kier molecular flexibility index (Phi) is 4.81. The van der Waals surface area contributed by atoms with E-state index < -0.39 is 5.97 Å². The maximum atomic E-state index is 13.3. The van der Waals surface area contributed by atoms with Gasteiger partial charge in [-0.2, -0.15) is 0 Å². The van der Waals surface area contributed by atoms with Gasteiger partial charge in [-0.3, -0.25) is 14.5 Å². The molecule has 5 heteroatoms. The zero-order valence-electron chi connectivity index (χ0n) is 20.8. The van der Waals surface area contributed by atoms with Crippen molar-refractivity contribution in [2.45, 2.75) is 20.3 Å². The molecule has 8 rings (SSSR count). The first kappa shape index (κ1) is 22.2. The Bertz CT molecular complexity index is 1450. The lowest BCUT2D eigenvalue weighted by molar-refractivity contribution is -0.124. The molecule has 6 atom stereocenters. The molecule has 5 nitrogen and oxygen atoms in total. The molecule has 1 aliphatic heterocycles. The Labute approximate surface area is 215 Å². The summed E-state index contributed by atoms with van der Waals surface area (Å²) >= 11 is 0. The van der Waals surface area contributed by atoms with E-state index in [0.717, 1.165) is 23.1 Å². The average molecular weight is 490 g/mol. The molecule has 5 aliphatic rings. The number of amides is 2. The van der Waals surface area contributed by atoms with Crippen molar-refractivity contribution in [1.82, 2.24) is 0 Å². The normalized spacial score (nSPS) is 28.8. The Hall–Kier alpha value is -3.99. The summed E-state index contributed by atoms with van der Waals surface area (Å²) in [7, 11) is 0. The summed E-state index contributed by atoms with van der Waals surface area (Å²) in [6.07, 6.45) is 5.48. The summed E-state index contributed by atoms with van der Waals surface area (Å²) in [6, 6.07) is 20.7. The molecule has 3 aromatic rings. The highest BCUT2D eigenvalue weighted by molar-refractivity contribution is 6.22. The molecular weight excluding hydrogens is 462 g/mol. The van der Waals surface area contributed by atoms with Crippen LogP contribution in [0.3, 0.4) is 0 Å². The number of ether oxygens (including phenoxy) is 1. The Morgan fingerprint density at radius 1 is 0.784 bits per heavy atom. The second-order valence-electron chi connectivity index (χ2n) is 10.9. The molecule has 1 saturated heterocycles. The summed E-state index contributed by atoms with van der Waals surface area (Å²) in [5.74, 6) is 0.877. The molecule has 0 radical (unpaired) electrons. The maximum Gasteiger partial charge on any atom is 0.343 e. The molecule has 3 aromatic carbocycles. The van der Waals surface area contributed by atoms with Gasteiger partial charge >= 0.3 is 5.97 Å². The van der Waals surface area contributed by atoms with Crippen LogP contribution in [0.1, 0.15) is 27.9 Å². The molecule has 2 bridgehead atoms. The van der Waals surface area contributed by atoms with Crippen LogP contribution in [-0.4, -0.2) is 17.8 Å². The molecule has 0 unspecified atom stereocenters. The fourth-order valence-corrected chi connectivity index (χ4v) is 6.81. The third kappa shape index (κ3) is 3.41. The molecule has 0 N–H and O–H groups in total. The summed E-state index contributed by atoms with van der Waals surface area (Å²) < 4.78 is 5.68. The molecule has 0 aromatic heterocycles. The van der Waals surface area contributed by atoms with E-state index in [4.69, 9.17) is 4.74 Å². The van der Waals surface area contributed by atoms with E-state index in [-0.39, 0.29) is 35.5 Å². The highest BCUT2D eigenvalue weighted by Gasteiger charge is 2.67. The quantitative estimate of drug-likeness (QED) is 0.203. The van der Waals surface area contributed by atoms with Crippen molar-refractivity contribution >= 4 is 23.5 Å². The number of imide groups is 1. The van der Waals surface area contributed by atoms with Crippen molar-refractivity contribution in [3.63, 3.8) is 0 Å². The Morgan fingerprint density at radius 3 is 1.97 bits per heavy atom. The molecular formula is C32H27NO4.